The minimum atomic E-state index is 0.0483. The highest BCUT2D eigenvalue weighted by atomic mass is 16.3. The van der Waals surface area contributed by atoms with Gasteiger partial charge in [-0.05, 0) is 24.2 Å². The zero-order valence-electron chi connectivity index (χ0n) is 12.4. The number of likely N-dealkylation sites (tertiary alicyclic amines) is 1. The van der Waals surface area contributed by atoms with Crippen LogP contribution in [-0.4, -0.2) is 35.1 Å². The van der Waals surface area contributed by atoms with E-state index in [1.165, 1.54) is 6.42 Å². The summed E-state index contributed by atoms with van der Waals surface area (Å²) in [4.78, 5) is 14.3. The quantitative estimate of drug-likeness (QED) is 0.842. The zero-order valence-corrected chi connectivity index (χ0v) is 12.4. The summed E-state index contributed by atoms with van der Waals surface area (Å²) in [5, 5.41) is 9.44. The van der Waals surface area contributed by atoms with E-state index in [9.17, 15) is 9.90 Å². The van der Waals surface area contributed by atoms with Crippen molar-refractivity contribution in [1.82, 2.24) is 4.90 Å². The average molecular weight is 255 g/mol. The minimum absolute atomic E-state index is 0.0483. The molecule has 1 aliphatic rings. The van der Waals surface area contributed by atoms with Crippen molar-refractivity contribution in [3.63, 3.8) is 0 Å². The van der Waals surface area contributed by atoms with Gasteiger partial charge in [0.25, 0.3) is 0 Å². The van der Waals surface area contributed by atoms with Crippen LogP contribution in [0.25, 0.3) is 0 Å². The molecule has 0 aromatic carbocycles. The summed E-state index contributed by atoms with van der Waals surface area (Å²) in [5.41, 5.74) is 0.163. The van der Waals surface area contributed by atoms with Crippen molar-refractivity contribution in [1.29, 1.82) is 0 Å². The van der Waals surface area contributed by atoms with Crippen LogP contribution in [0.15, 0.2) is 0 Å². The first-order valence-corrected chi connectivity index (χ1v) is 7.26. The molecule has 1 saturated heterocycles. The fourth-order valence-corrected chi connectivity index (χ4v) is 2.38. The zero-order chi connectivity index (χ0) is 13.8. The van der Waals surface area contributed by atoms with E-state index in [0.717, 1.165) is 25.8 Å². The van der Waals surface area contributed by atoms with Gasteiger partial charge in [0.2, 0.25) is 5.91 Å². The largest absolute Gasteiger partial charge is 0.394 e. The predicted molar refractivity (Wildman–Crippen MR) is 74.3 cm³/mol. The lowest BCUT2D eigenvalue weighted by Gasteiger charge is -2.33. The Morgan fingerprint density at radius 3 is 2.56 bits per heavy atom. The molecule has 0 aromatic heterocycles. The summed E-state index contributed by atoms with van der Waals surface area (Å²) in [6.45, 7) is 9.60. The van der Waals surface area contributed by atoms with Gasteiger partial charge in [0, 0.05) is 13.0 Å². The first-order chi connectivity index (χ1) is 8.36. The Kier molecular flexibility index (Phi) is 5.64. The van der Waals surface area contributed by atoms with Crippen molar-refractivity contribution in [2.24, 2.45) is 11.3 Å². The number of amides is 1. The van der Waals surface area contributed by atoms with Gasteiger partial charge in [-0.1, -0.05) is 40.5 Å². The number of carbonyl (C=O) groups excluding carboxylic acids is 1. The van der Waals surface area contributed by atoms with Gasteiger partial charge in [0.05, 0.1) is 12.6 Å². The van der Waals surface area contributed by atoms with E-state index >= 15 is 0 Å². The van der Waals surface area contributed by atoms with Crippen LogP contribution in [-0.2, 0) is 4.79 Å². The lowest BCUT2D eigenvalue weighted by atomic mass is 9.80. The number of hydrogen-bond donors (Lipinski definition) is 1. The van der Waals surface area contributed by atoms with Crippen molar-refractivity contribution in [3.8, 4) is 0 Å². The average Bonchev–Trinajstić information content (AvgIpc) is 2.52. The van der Waals surface area contributed by atoms with Crippen LogP contribution in [0.5, 0.6) is 0 Å². The molecule has 18 heavy (non-hydrogen) atoms. The normalized spacial score (nSPS) is 23.6. The Morgan fingerprint density at radius 1 is 1.33 bits per heavy atom. The SMILES string of the molecule is CC(CC(=O)N1CCCCCC1CO)C(C)(C)C. The van der Waals surface area contributed by atoms with Gasteiger partial charge in [-0.15, -0.1) is 0 Å². The van der Waals surface area contributed by atoms with Crippen LogP contribution in [0, 0.1) is 11.3 Å². The van der Waals surface area contributed by atoms with E-state index in [0.29, 0.717) is 12.3 Å². The van der Waals surface area contributed by atoms with Crippen LogP contribution >= 0.6 is 0 Å². The molecule has 0 aromatic rings. The Hall–Kier alpha value is -0.570. The van der Waals surface area contributed by atoms with Crippen molar-refractivity contribution >= 4 is 5.91 Å². The molecule has 1 aliphatic heterocycles. The van der Waals surface area contributed by atoms with E-state index in [1.54, 1.807) is 0 Å². The van der Waals surface area contributed by atoms with Gasteiger partial charge < -0.3 is 10.0 Å². The van der Waals surface area contributed by atoms with Crippen LogP contribution < -0.4 is 0 Å². The van der Waals surface area contributed by atoms with Gasteiger partial charge in [0.1, 0.15) is 0 Å². The highest BCUT2D eigenvalue weighted by Crippen LogP contribution is 2.29. The van der Waals surface area contributed by atoms with Crippen LogP contribution in [0.1, 0.15) is 59.8 Å². The highest BCUT2D eigenvalue weighted by molar-refractivity contribution is 5.76. The second-order valence-electron chi connectivity index (χ2n) is 6.74. The van der Waals surface area contributed by atoms with E-state index in [-0.39, 0.29) is 24.0 Å². The smallest absolute Gasteiger partial charge is 0.223 e. The van der Waals surface area contributed by atoms with E-state index in [1.807, 2.05) is 4.90 Å². The molecule has 0 aliphatic carbocycles. The third kappa shape index (κ3) is 4.27. The van der Waals surface area contributed by atoms with Gasteiger partial charge >= 0.3 is 0 Å². The monoisotopic (exact) mass is 255 g/mol. The lowest BCUT2D eigenvalue weighted by Crippen LogP contribution is -2.43. The number of nitrogens with zero attached hydrogens (tertiary/aromatic N) is 1. The number of hydrogen-bond acceptors (Lipinski definition) is 2. The Morgan fingerprint density at radius 2 is 2.00 bits per heavy atom. The molecule has 3 heteroatoms. The van der Waals surface area contributed by atoms with Crippen molar-refractivity contribution in [2.75, 3.05) is 13.2 Å². The minimum Gasteiger partial charge on any atom is -0.394 e. The number of aliphatic hydroxyl groups excluding tert-OH is 1. The van der Waals surface area contributed by atoms with Gasteiger partial charge in [-0.2, -0.15) is 0 Å². The van der Waals surface area contributed by atoms with E-state index in [2.05, 4.69) is 27.7 Å². The van der Waals surface area contributed by atoms with Crippen molar-refractivity contribution < 1.29 is 9.90 Å². The van der Waals surface area contributed by atoms with Crippen LogP contribution in [0.3, 0.4) is 0 Å². The molecule has 106 valence electrons. The fraction of sp³-hybridized carbons (Fsp3) is 0.933. The summed E-state index contributed by atoms with van der Waals surface area (Å²) in [6, 6.07) is 0.0483. The molecule has 1 rings (SSSR count). The second-order valence-corrected chi connectivity index (χ2v) is 6.74. The molecule has 1 amide bonds. The van der Waals surface area contributed by atoms with Gasteiger partial charge in [-0.3, -0.25) is 4.79 Å². The molecule has 0 radical (unpaired) electrons. The molecule has 1 N–H and O–H groups in total. The number of rotatable bonds is 3. The second kappa shape index (κ2) is 6.55. The first-order valence-electron chi connectivity index (χ1n) is 7.26. The molecule has 3 nitrogen and oxygen atoms in total. The molecule has 0 saturated carbocycles. The summed E-state index contributed by atoms with van der Waals surface area (Å²) < 4.78 is 0. The van der Waals surface area contributed by atoms with E-state index < -0.39 is 0 Å². The summed E-state index contributed by atoms with van der Waals surface area (Å²) in [5.74, 6) is 0.589. The molecular weight excluding hydrogens is 226 g/mol. The molecular formula is C15H29NO2. The summed E-state index contributed by atoms with van der Waals surface area (Å²) >= 11 is 0. The molecule has 2 atom stereocenters. The van der Waals surface area contributed by atoms with Crippen molar-refractivity contribution in [2.45, 2.75) is 65.8 Å². The topological polar surface area (TPSA) is 40.5 Å². The van der Waals surface area contributed by atoms with Crippen LogP contribution in [0.2, 0.25) is 0 Å². The van der Waals surface area contributed by atoms with Crippen molar-refractivity contribution in [3.05, 3.63) is 0 Å². The van der Waals surface area contributed by atoms with Gasteiger partial charge in [0.15, 0.2) is 0 Å². The first kappa shape index (κ1) is 15.5. The fourth-order valence-electron chi connectivity index (χ4n) is 2.38. The maximum Gasteiger partial charge on any atom is 0.223 e. The number of carbonyl (C=O) groups is 1. The van der Waals surface area contributed by atoms with Gasteiger partial charge in [-0.25, -0.2) is 0 Å². The standard InChI is InChI=1S/C15H29NO2/c1-12(15(2,3)4)10-14(18)16-9-7-5-6-8-13(16)11-17/h12-13,17H,5-11H2,1-4H3. The molecule has 0 bridgehead atoms. The van der Waals surface area contributed by atoms with E-state index in [4.69, 9.17) is 0 Å². The molecule has 1 fully saturated rings. The summed E-state index contributed by atoms with van der Waals surface area (Å²) in [6.07, 6.45) is 4.93. The number of aliphatic hydroxyl groups is 1. The molecule has 2 unspecified atom stereocenters. The third-order valence-corrected chi connectivity index (χ3v) is 4.37. The lowest BCUT2D eigenvalue weighted by molar-refractivity contribution is -0.136. The summed E-state index contributed by atoms with van der Waals surface area (Å²) in [7, 11) is 0. The Balaban J connectivity index is 2.62. The Labute approximate surface area is 112 Å². The third-order valence-electron chi connectivity index (χ3n) is 4.37. The maximum atomic E-state index is 12.4. The highest BCUT2D eigenvalue weighted by Gasteiger charge is 2.29. The van der Waals surface area contributed by atoms with Crippen LogP contribution in [0.4, 0.5) is 0 Å². The molecule has 1 heterocycles. The predicted octanol–water partition coefficient (Wildman–Crippen LogP) is 2.82. The molecule has 0 spiro atoms. The maximum absolute atomic E-state index is 12.4. The Bertz CT molecular complexity index is 270.